The van der Waals surface area contributed by atoms with E-state index in [1.54, 1.807) is 0 Å². The number of fused-ring (bicyclic) bond motifs is 1. The summed E-state index contributed by atoms with van der Waals surface area (Å²) in [5, 5.41) is 0.638. The molecule has 0 spiro atoms. The molecule has 4 nitrogen and oxygen atoms in total. The van der Waals surface area contributed by atoms with E-state index in [0.29, 0.717) is 18.0 Å². The summed E-state index contributed by atoms with van der Waals surface area (Å²) < 4.78 is 2.29. The van der Waals surface area contributed by atoms with Crippen molar-refractivity contribution >= 4 is 34.2 Å². The van der Waals surface area contributed by atoms with Gasteiger partial charge in [-0.1, -0.05) is 60.1 Å². The molecule has 1 atom stereocenters. The summed E-state index contributed by atoms with van der Waals surface area (Å²) in [6.07, 6.45) is 1.38. The van der Waals surface area contributed by atoms with E-state index in [2.05, 4.69) is 34.9 Å². The maximum Gasteiger partial charge on any atom is 0.227 e. The van der Waals surface area contributed by atoms with Crippen molar-refractivity contribution in [3.8, 4) is 0 Å². The van der Waals surface area contributed by atoms with Crippen molar-refractivity contribution in [3.63, 3.8) is 0 Å². The van der Waals surface area contributed by atoms with Gasteiger partial charge < -0.3 is 9.47 Å². The molecule has 1 aliphatic heterocycles. The Morgan fingerprint density at radius 3 is 2.60 bits per heavy atom. The predicted molar refractivity (Wildman–Crippen MR) is 121 cm³/mol. The van der Waals surface area contributed by atoms with E-state index < -0.39 is 0 Å². The third-order valence-electron chi connectivity index (χ3n) is 5.76. The second-order valence-electron chi connectivity index (χ2n) is 7.73. The van der Waals surface area contributed by atoms with Gasteiger partial charge >= 0.3 is 0 Å². The third kappa shape index (κ3) is 3.59. The molecule has 30 heavy (non-hydrogen) atoms. The van der Waals surface area contributed by atoms with Gasteiger partial charge in [0.2, 0.25) is 5.91 Å². The van der Waals surface area contributed by atoms with Crippen LogP contribution in [0.5, 0.6) is 0 Å². The van der Waals surface area contributed by atoms with E-state index >= 15 is 0 Å². The molecule has 2 heterocycles. The number of nitrogens with zero attached hydrogens (tertiary/aromatic N) is 3. The number of aryl methyl sites for hydroxylation is 2. The van der Waals surface area contributed by atoms with E-state index in [9.17, 15) is 4.79 Å². The normalized spacial score (nSPS) is 16.5. The number of carbonyl (C=O) groups excluding carboxylic acids is 1. The molecule has 1 amide bonds. The van der Waals surface area contributed by atoms with Crippen LogP contribution in [0.3, 0.4) is 0 Å². The number of benzene rings is 3. The van der Waals surface area contributed by atoms with Crippen molar-refractivity contribution in [1.82, 2.24) is 9.55 Å². The molecular formula is C25H22ClN3O. The zero-order valence-electron chi connectivity index (χ0n) is 16.5. The predicted octanol–water partition coefficient (Wildman–Crippen LogP) is 5.45. The molecule has 5 rings (SSSR count). The number of aromatic nitrogens is 2. The second kappa shape index (κ2) is 7.96. The highest BCUT2D eigenvalue weighted by atomic mass is 35.5. The van der Waals surface area contributed by atoms with Gasteiger partial charge in [-0.05, 0) is 42.3 Å². The maximum absolute atomic E-state index is 12.8. The summed E-state index contributed by atoms with van der Waals surface area (Å²) >= 11 is 6.15. The Bertz CT molecular complexity index is 1200. The molecule has 1 aromatic heterocycles. The van der Waals surface area contributed by atoms with Crippen LogP contribution in [0.2, 0.25) is 5.02 Å². The highest BCUT2D eigenvalue weighted by Crippen LogP contribution is 2.34. The fourth-order valence-electron chi connectivity index (χ4n) is 4.30. The van der Waals surface area contributed by atoms with Crippen molar-refractivity contribution in [2.24, 2.45) is 0 Å². The monoisotopic (exact) mass is 415 g/mol. The van der Waals surface area contributed by atoms with Crippen LogP contribution in [0.25, 0.3) is 11.0 Å². The van der Waals surface area contributed by atoms with Gasteiger partial charge in [-0.3, -0.25) is 4.79 Å². The van der Waals surface area contributed by atoms with E-state index in [1.165, 1.54) is 5.56 Å². The Kier molecular flexibility index (Phi) is 5.01. The number of amides is 1. The average molecular weight is 416 g/mol. The fraction of sp³-hybridized carbons (Fsp3) is 0.200. The molecule has 5 heteroatoms. The number of rotatable bonds is 5. The SMILES string of the molecule is O=C1CC(c2nc3ccccc3n2CCc2ccccc2)CN1c1cccc(Cl)c1. The summed E-state index contributed by atoms with van der Waals surface area (Å²) in [6, 6.07) is 26.2. The van der Waals surface area contributed by atoms with Gasteiger partial charge in [0.25, 0.3) is 0 Å². The highest BCUT2D eigenvalue weighted by Gasteiger charge is 2.34. The van der Waals surface area contributed by atoms with Gasteiger partial charge in [-0.2, -0.15) is 0 Å². The first-order valence-electron chi connectivity index (χ1n) is 10.2. The Morgan fingerprint density at radius 2 is 1.77 bits per heavy atom. The van der Waals surface area contributed by atoms with E-state index in [0.717, 1.165) is 35.5 Å². The molecule has 1 saturated heterocycles. The lowest BCUT2D eigenvalue weighted by atomic mass is 10.1. The summed E-state index contributed by atoms with van der Waals surface area (Å²) in [6.45, 7) is 1.45. The molecule has 0 aliphatic carbocycles. The number of hydrogen-bond donors (Lipinski definition) is 0. The Balaban J connectivity index is 1.47. The first-order valence-corrected chi connectivity index (χ1v) is 10.6. The number of halogens is 1. The Morgan fingerprint density at radius 1 is 0.967 bits per heavy atom. The lowest BCUT2D eigenvalue weighted by Gasteiger charge is -2.17. The number of imidazole rings is 1. The summed E-state index contributed by atoms with van der Waals surface area (Å²) in [5.74, 6) is 1.16. The molecule has 0 N–H and O–H groups in total. The molecule has 1 fully saturated rings. The standard InChI is InChI=1S/C25H22ClN3O/c26-20-9-6-10-21(16-20)29-17-19(15-24(29)30)25-27-22-11-4-5-12-23(22)28(25)14-13-18-7-2-1-3-8-18/h1-12,16,19H,13-15,17H2. The number of anilines is 1. The molecule has 0 bridgehead atoms. The molecule has 0 saturated carbocycles. The quantitative estimate of drug-likeness (QED) is 0.434. The van der Waals surface area contributed by atoms with Crippen LogP contribution in [0.1, 0.15) is 23.7 Å². The number of para-hydroxylation sites is 2. The van der Waals surface area contributed by atoms with Crippen molar-refractivity contribution in [1.29, 1.82) is 0 Å². The van der Waals surface area contributed by atoms with Crippen molar-refractivity contribution in [3.05, 3.63) is 95.3 Å². The van der Waals surface area contributed by atoms with E-state index in [-0.39, 0.29) is 11.8 Å². The van der Waals surface area contributed by atoms with Crippen LogP contribution in [0, 0.1) is 0 Å². The van der Waals surface area contributed by atoms with Crippen molar-refractivity contribution in [2.75, 3.05) is 11.4 Å². The Hall–Kier alpha value is -3.11. The molecule has 1 aliphatic rings. The minimum Gasteiger partial charge on any atom is -0.327 e. The average Bonchev–Trinajstić information content (AvgIpc) is 3.33. The zero-order chi connectivity index (χ0) is 20.5. The zero-order valence-corrected chi connectivity index (χ0v) is 17.3. The first kappa shape index (κ1) is 18.9. The van der Waals surface area contributed by atoms with Gasteiger partial charge in [0.1, 0.15) is 5.82 Å². The van der Waals surface area contributed by atoms with Crippen LogP contribution in [0.4, 0.5) is 5.69 Å². The minimum absolute atomic E-state index is 0.0552. The van der Waals surface area contributed by atoms with Crippen molar-refractivity contribution < 1.29 is 4.79 Å². The number of hydrogen-bond acceptors (Lipinski definition) is 2. The minimum atomic E-state index is 0.0552. The van der Waals surface area contributed by atoms with Crippen LogP contribution in [-0.2, 0) is 17.8 Å². The molecule has 4 aromatic rings. The maximum atomic E-state index is 12.8. The highest BCUT2D eigenvalue weighted by molar-refractivity contribution is 6.30. The molecule has 0 radical (unpaired) electrons. The van der Waals surface area contributed by atoms with E-state index in [1.807, 2.05) is 53.4 Å². The van der Waals surface area contributed by atoms with Crippen molar-refractivity contribution in [2.45, 2.75) is 25.3 Å². The van der Waals surface area contributed by atoms with Gasteiger partial charge in [0.15, 0.2) is 0 Å². The van der Waals surface area contributed by atoms with Gasteiger partial charge in [-0.25, -0.2) is 4.98 Å². The molecule has 3 aromatic carbocycles. The smallest absolute Gasteiger partial charge is 0.227 e. The lowest BCUT2D eigenvalue weighted by molar-refractivity contribution is -0.117. The van der Waals surface area contributed by atoms with Gasteiger partial charge in [0, 0.05) is 36.1 Å². The fourth-order valence-corrected chi connectivity index (χ4v) is 4.48. The lowest BCUT2D eigenvalue weighted by Crippen LogP contribution is -2.24. The molecular weight excluding hydrogens is 394 g/mol. The van der Waals surface area contributed by atoms with Crippen LogP contribution < -0.4 is 4.90 Å². The van der Waals surface area contributed by atoms with Crippen LogP contribution in [-0.4, -0.2) is 22.0 Å². The van der Waals surface area contributed by atoms with Gasteiger partial charge in [0.05, 0.1) is 11.0 Å². The largest absolute Gasteiger partial charge is 0.327 e. The summed E-state index contributed by atoms with van der Waals surface area (Å²) in [5.41, 5.74) is 4.25. The van der Waals surface area contributed by atoms with E-state index in [4.69, 9.17) is 16.6 Å². The Labute approximate surface area is 180 Å². The topological polar surface area (TPSA) is 38.1 Å². The van der Waals surface area contributed by atoms with Crippen LogP contribution in [0.15, 0.2) is 78.9 Å². The van der Waals surface area contributed by atoms with Crippen LogP contribution >= 0.6 is 11.6 Å². The molecule has 1 unspecified atom stereocenters. The number of carbonyl (C=O) groups is 1. The third-order valence-corrected chi connectivity index (χ3v) is 6.00. The first-order chi connectivity index (χ1) is 14.7. The molecule has 150 valence electrons. The summed E-state index contributed by atoms with van der Waals surface area (Å²) in [7, 11) is 0. The summed E-state index contributed by atoms with van der Waals surface area (Å²) in [4.78, 5) is 19.6. The second-order valence-corrected chi connectivity index (χ2v) is 8.17. The van der Waals surface area contributed by atoms with Gasteiger partial charge in [-0.15, -0.1) is 0 Å².